The van der Waals surface area contributed by atoms with Crippen LogP contribution < -0.4 is 4.74 Å². The Morgan fingerprint density at radius 1 is 0.860 bits per heavy atom. The first-order chi connectivity index (χ1) is 19.6. The molecule has 221 valence electrons. The molecule has 1 spiro atoms. The number of para-hydroxylation sites is 1. The van der Waals surface area contributed by atoms with Crippen molar-refractivity contribution >= 4 is 53.3 Å². The van der Waals surface area contributed by atoms with E-state index in [-0.39, 0.29) is 60.6 Å². The summed E-state index contributed by atoms with van der Waals surface area (Å²) in [7, 11) is -8.04. The molecule has 1 heterocycles. The summed E-state index contributed by atoms with van der Waals surface area (Å²) in [5.74, 6) is 0.217. The molecule has 43 heavy (non-hydrogen) atoms. The predicted molar refractivity (Wildman–Crippen MR) is 157 cm³/mol. The fraction of sp³-hybridized carbons (Fsp3) is 0.172. The Balaban J connectivity index is 0.000000190. The number of hydrogen-bond acceptors (Lipinski definition) is 8. The van der Waals surface area contributed by atoms with Gasteiger partial charge in [-0.3, -0.25) is 24.0 Å². The number of ketones is 1. The van der Waals surface area contributed by atoms with E-state index in [1.54, 1.807) is 54.6 Å². The second-order valence-corrected chi connectivity index (χ2v) is 12.6. The molecular formula is C29H26NO10S2Tl+. The van der Waals surface area contributed by atoms with Crippen LogP contribution in [0.4, 0.5) is 0 Å². The topological polar surface area (TPSA) is 178 Å². The third-order valence-electron chi connectivity index (χ3n) is 6.81. The summed E-state index contributed by atoms with van der Waals surface area (Å²) in [6.45, 7) is 3.68. The second kappa shape index (κ2) is 13.1. The molecule has 14 heteroatoms. The summed E-state index contributed by atoms with van der Waals surface area (Å²) in [6.07, 6.45) is 6.13. The Bertz CT molecular complexity index is 1730. The minimum Gasteiger partial charge on any atom is -0.485 e. The van der Waals surface area contributed by atoms with E-state index in [0.717, 1.165) is 11.1 Å². The van der Waals surface area contributed by atoms with Crippen molar-refractivity contribution in [1.29, 1.82) is 0 Å². The number of nitrogens with zero attached hydrogens (tertiary/aromatic N) is 1. The van der Waals surface area contributed by atoms with Crippen molar-refractivity contribution in [2.75, 3.05) is 0 Å². The van der Waals surface area contributed by atoms with Crippen molar-refractivity contribution in [3.05, 3.63) is 130 Å². The largest absolute Gasteiger partial charge is 0.485 e. The first-order valence-corrected chi connectivity index (χ1v) is 15.3. The summed E-state index contributed by atoms with van der Waals surface area (Å²) in [6, 6.07) is 19.1. The van der Waals surface area contributed by atoms with Gasteiger partial charge in [-0.2, -0.15) is 16.8 Å². The van der Waals surface area contributed by atoms with Crippen LogP contribution in [0.25, 0.3) is 0 Å². The minimum atomic E-state index is -4.02. The number of fused-ring (bicyclic) bond motifs is 4. The van der Waals surface area contributed by atoms with Gasteiger partial charge in [-0.25, -0.2) is 0 Å². The molecule has 3 aromatic rings. The van der Waals surface area contributed by atoms with Gasteiger partial charge in [-0.05, 0) is 50.2 Å². The maximum atomic E-state index is 12.5. The van der Waals surface area contributed by atoms with Crippen LogP contribution in [-0.2, 0) is 20.2 Å². The van der Waals surface area contributed by atoms with E-state index < -0.39 is 30.6 Å². The molecule has 0 amide bonds. The van der Waals surface area contributed by atoms with Gasteiger partial charge >= 0.3 is 5.70 Å². The Morgan fingerprint density at radius 2 is 1.35 bits per heavy atom. The fourth-order valence-corrected chi connectivity index (χ4v) is 5.53. The molecular weight excluding hydrogens is 791 g/mol. The summed E-state index contributed by atoms with van der Waals surface area (Å²) < 4.78 is 64.9. The Labute approximate surface area is 269 Å². The molecule has 1 aliphatic heterocycles. The first kappa shape index (κ1) is 34.1. The van der Waals surface area contributed by atoms with E-state index in [4.69, 9.17) is 13.8 Å². The number of nitro groups is 1. The predicted octanol–water partition coefficient (Wildman–Crippen LogP) is 4.28. The number of allylic oxidation sites excluding steroid dienone is 1. The van der Waals surface area contributed by atoms with Crippen LogP contribution in [0.1, 0.15) is 21.5 Å². The van der Waals surface area contributed by atoms with E-state index in [1.165, 1.54) is 30.7 Å². The molecule has 1 saturated carbocycles. The number of hydrogen-bond donors (Lipinski definition) is 2. The van der Waals surface area contributed by atoms with Crippen LogP contribution in [0.3, 0.4) is 0 Å². The van der Waals surface area contributed by atoms with Crippen molar-refractivity contribution in [1.82, 2.24) is 0 Å². The molecule has 2 N–H and O–H groups in total. The third kappa shape index (κ3) is 7.78. The zero-order chi connectivity index (χ0) is 30.9. The zero-order valence-corrected chi connectivity index (χ0v) is 29.0. The molecule has 0 aromatic heterocycles. The number of aryl methyl sites for hydroxylation is 2. The average molecular weight is 817 g/mol. The van der Waals surface area contributed by atoms with E-state index in [1.807, 2.05) is 26.0 Å². The number of carbonyl (C=O) groups is 1. The number of Topliss-reactive ketones (excluding diaryl/α,β-unsaturated/α-hetero) is 1. The normalized spacial score (nSPS) is 21.0. The number of benzene rings is 3. The molecule has 3 aliphatic rings. The van der Waals surface area contributed by atoms with E-state index in [0.29, 0.717) is 11.3 Å². The Morgan fingerprint density at radius 3 is 1.81 bits per heavy atom. The van der Waals surface area contributed by atoms with Crippen LogP contribution in [0.5, 0.6) is 5.75 Å². The van der Waals surface area contributed by atoms with E-state index >= 15 is 0 Å². The van der Waals surface area contributed by atoms with E-state index in [2.05, 4.69) is 0 Å². The van der Waals surface area contributed by atoms with Gasteiger partial charge in [-0.1, -0.05) is 47.5 Å². The summed E-state index contributed by atoms with van der Waals surface area (Å²) in [5.41, 5.74) is 1.83. The molecule has 0 saturated heterocycles. The van der Waals surface area contributed by atoms with E-state index in [9.17, 15) is 31.7 Å². The third-order valence-corrected chi connectivity index (χ3v) is 8.55. The Hall–Kier alpha value is -3.38. The van der Waals surface area contributed by atoms with Gasteiger partial charge in [0, 0.05) is 33.4 Å². The van der Waals surface area contributed by atoms with Gasteiger partial charge in [0.1, 0.15) is 30.3 Å². The molecule has 1 unspecified atom stereocenters. The molecule has 1 fully saturated rings. The van der Waals surface area contributed by atoms with Gasteiger partial charge in [-0.15, -0.1) is 0 Å². The van der Waals surface area contributed by atoms with Crippen LogP contribution in [0, 0.1) is 41.7 Å². The molecule has 6 rings (SSSR count). The molecule has 2 aliphatic carbocycles. The number of ether oxygens (including phenoxy) is 1. The zero-order valence-electron chi connectivity index (χ0n) is 22.9. The Kier molecular flexibility index (Phi) is 10.4. The van der Waals surface area contributed by atoms with Crippen LogP contribution >= 0.6 is 0 Å². The standard InChI is InChI=1S/C15H10NO4.2C7H8O3S.Tl/c17-13-10-5-1-2-6-11(10)20-14-12(13)15(14)7-3-4-9(8-15)16(18)19;2*1-6-2-4-7(5-3-6)11(8,9)10;/h1-8,12,14H;2*2-5H,1H3,(H,8,9,10);/q+1;;;/t12-,14+,15?;;;/m0.../s1. The summed E-state index contributed by atoms with van der Waals surface area (Å²) in [5, 5.41) is 10.9. The summed E-state index contributed by atoms with van der Waals surface area (Å²) >= 11 is 0. The second-order valence-electron chi connectivity index (χ2n) is 9.80. The minimum absolute atomic E-state index is 0. The number of rotatable bonds is 3. The number of carbonyl (C=O) groups excluding carboxylic acids is 1. The maximum Gasteiger partial charge on any atom is 0.368 e. The van der Waals surface area contributed by atoms with Crippen LogP contribution in [-0.4, -0.2) is 70.1 Å². The molecule has 3 atom stereocenters. The monoisotopic (exact) mass is 817 g/mol. The van der Waals surface area contributed by atoms with Gasteiger partial charge in [0.15, 0.2) is 11.2 Å². The van der Waals surface area contributed by atoms with Gasteiger partial charge in [0.05, 0.1) is 26.4 Å². The van der Waals surface area contributed by atoms with Crippen molar-refractivity contribution in [2.45, 2.75) is 29.7 Å². The first-order valence-electron chi connectivity index (χ1n) is 12.4. The molecule has 1 radical (unpaired) electrons. The van der Waals surface area contributed by atoms with Crippen molar-refractivity contribution < 1.29 is 40.4 Å². The van der Waals surface area contributed by atoms with Gasteiger partial charge in [0.2, 0.25) is 0 Å². The molecule has 11 nitrogen and oxygen atoms in total. The molecule has 0 bridgehead atoms. The maximum absolute atomic E-state index is 12.5. The fourth-order valence-electron chi connectivity index (χ4n) is 4.57. The van der Waals surface area contributed by atoms with Crippen molar-refractivity contribution in [2.24, 2.45) is 11.3 Å². The molecule has 3 aromatic carbocycles. The summed E-state index contributed by atoms with van der Waals surface area (Å²) in [4.78, 5) is 22.8. The quantitative estimate of drug-likeness (QED) is 0.128. The smallest absolute Gasteiger partial charge is 0.368 e. The van der Waals surface area contributed by atoms with Gasteiger partial charge < -0.3 is 4.74 Å². The average Bonchev–Trinajstić information content (AvgIpc) is 3.53. The van der Waals surface area contributed by atoms with Crippen molar-refractivity contribution in [3.8, 4) is 5.75 Å². The SMILES string of the molecule is Cc1ccc(S(=O)(=O)O)cc1.Cc1ccc(S(=O)(=O)O)cc1.O=C1c2ccccc2O[C@@H]2[C@H]1C21C=C[CH+]C([N+](=O)[O-])=C1.[Tl]. The van der Waals surface area contributed by atoms with Crippen molar-refractivity contribution in [3.63, 3.8) is 0 Å². The van der Waals surface area contributed by atoms with Crippen LogP contribution in [0.2, 0.25) is 0 Å². The van der Waals surface area contributed by atoms with Crippen LogP contribution in [0.15, 0.2) is 107 Å². The van der Waals surface area contributed by atoms with Gasteiger partial charge in [0.25, 0.3) is 20.2 Å².